The maximum absolute atomic E-state index is 13.0. The Kier molecular flexibility index (Phi) is 5.17. The molecule has 0 radical (unpaired) electrons. The largest absolute Gasteiger partial charge is 0.384 e. The van der Waals surface area contributed by atoms with E-state index in [1.54, 1.807) is 13.8 Å². The van der Waals surface area contributed by atoms with Gasteiger partial charge in [-0.2, -0.15) is 0 Å². The number of nitro groups is 1. The average molecular weight is 301 g/mol. The standard InChI is InChI=1S/C13H17F2N3O3/c1-13(2,12(19)16-3)7-17-10-5-4-8(18(20)21)6-9(10)11(14)15/h4-6,11,17H,7H2,1-3H3,(H,16,19). The molecule has 0 bridgehead atoms. The molecule has 0 heterocycles. The van der Waals surface area contributed by atoms with Crippen molar-refractivity contribution in [1.29, 1.82) is 0 Å². The monoisotopic (exact) mass is 301 g/mol. The van der Waals surface area contributed by atoms with E-state index in [-0.39, 0.29) is 18.1 Å². The number of nitrogens with zero attached hydrogens (tertiary/aromatic N) is 1. The van der Waals surface area contributed by atoms with E-state index in [2.05, 4.69) is 10.6 Å². The van der Waals surface area contributed by atoms with Gasteiger partial charge in [-0.3, -0.25) is 14.9 Å². The van der Waals surface area contributed by atoms with Crippen molar-refractivity contribution in [2.45, 2.75) is 20.3 Å². The third-order valence-electron chi connectivity index (χ3n) is 3.04. The summed E-state index contributed by atoms with van der Waals surface area (Å²) in [6.45, 7) is 3.43. The summed E-state index contributed by atoms with van der Waals surface area (Å²) in [6, 6.07) is 3.19. The van der Waals surface area contributed by atoms with Crippen LogP contribution in [-0.2, 0) is 4.79 Å². The lowest BCUT2D eigenvalue weighted by Crippen LogP contribution is -2.39. The first kappa shape index (κ1) is 16.8. The summed E-state index contributed by atoms with van der Waals surface area (Å²) in [6.07, 6.45) is -2.85. The summed E-state index contributed by atoms with van der Waals surface area (Å²) in [5, 5.41) is 15.9. The van der Waals surface area contributed by atoms with Gasteiger partial charge in [0.2, 0.25) is 5.91 Å². The number of anilines is 1. The number of carbonyl (C=O) groups excluding carboxylic acids is 1. The molecule has 0 aliphatic carbocycles. The van der Waals surface area contributed by atoms with Gasteiger partial charge < -0.3 is 10.6 Å². The number of halogens is 2. The molecule has 0 atom stereocenters. The Hall–Kier alpha value is -2.25. The maximum atomic E-state index is 13.0. The number of rotatable bonds is 6. The molecule has 0 aromatic heterocycles. The number of amides is 1. The highest BCUT2D eigenvalue weighted by molar-refractivity contribution is 5.82. The fourth-order valence-corrected chi connectivity index (χ4v) is 1.74. The molecule has 0 spiro atoms. The molecule has 0 aliphatic heterocycles. The van der Waals surface area contributed by atoms with Gasteiger partial charge in [0.25, 0.3) is 12.1 Å². The molecule has 8 heteroatoms. The number of carbonyl (C=O) groups is 1. The smallest absolute Gasteiger partial charge is 0.270 e. The molecule has 21 heavy (non-hydrogen) atoms. The van der Waals surface area contributed by atoms with Crippen LogP contribution in [0.4, 0.5) is 20.2 Å². The first-order chi connectivity index (χ1) is 9.69. The molecular formula is C13H17F2N3O3. The Morgan fingerprint density at radius 3 is 2.52 bits per heavy atom. The lowest BCUT2D eigenvalue weighted by atomic mass is 9.92. The number of hydrogen-bond acceptors (Lipinski definition) is 4. The van der Waals surface area contributed by atoms with Crippen LogP contribution >= 0.6 is 0 Å². The van der Waals surface area contributed by atoms with Gasteiger partial charge in [0.05, 0.1) is 10.3 Å². The van der Waals surface area contributed by atoms with Crippen molar-refractivity contribution in [3.8, 4) is 0 Å². The summed E-state index contributed by atoms with van der Waals surface area (Å²) in [4.78, 5) is 21.5. The fourth-order valence-electron chi connectivity index (χ4n) is 1.74. The predicted octanol–water partition coefficient (Wildman–Crippen LogP) is 2.72. The zero-order chi connectivity index (χ0) is 16.2. The van der Waals surface area contributed by atoms with Crippen LogP contribution in [0.1, 0.15) is 25.8 Å². The quantitative estimate of drug-likeness (QED) is 0.625. The van der Waals surface area contributed by atoms with E-state index in [0.717, 1.165) is 12.1 Å². The summed E-state index contributed by atoms with van der Waals surface area (Å²) < 4.78 is 25.9. The third kappa shape index (κ3) is 4.11. The zero-order valence-corrected chi connectivity index (χ0v) is 11.9. The second-order valence-corrected chi connectivity index (χ2v) is 5.15. The van der Waals surface area contributed by atoms with Gasteiger partial charge in [0, 0.05) is 37.0 Å². The minimum absolute atomic E-state index is 0.0765. The summed E-state index contributed by atoms with van der Waals surface area (Å²) in [5.74, 6) is -0.240. The Bertz CT molecular complexity index is 547. The van der Waals surface area contributed by atoms with Crippen molar-refractivity contribution in [2.75, 3.05) is 18.9 Å². The molecule has 1 amide bonds. The number of alkyl halides is 2. The van der Waals surface area contributed by atoms with E-state index in [4.69, 9.17) is 0 Å². The van der Waals surface area contributed by atoms with Gasteiger partial charge in [-0.1, -0.05) is 0 Å². The van der Waals surface area contributed by atoms with Crippen molar-refractivity contribution in [1.82, 2.24) is 5.32 Å². The van der Waals surface area contributed by atoms with Gasteiger partial charge >= 0.3 is 0 Å². The summed E-state index contributed by atoms with van der Waals surface area (Å²) in [7, 11) is 1.49. The highest BCUT2D eigenvalue weighted by Crippen LogP contribution is 2.31. The second-order valence-electron chi connectivity index (χ2n) is 5.15. The molecule has 1 aromatic rings. The number of hydrogen-bond donors (Lipinski definition) is 2. The van der Waals surface area contributed by atoms with E-state index in [9.17, 15) is 23.7 Å². The third-order valence-corrected chi connectivity index (χ3v) is 3.04. The minimum Gasteiger partial charge on any atom is -0.384 e. The first-order valence-corrected chi connectivity index (χ1v) is 6.21. The second kappa shape index (κ2) is 6.47. The molecule has 1 aromatic carbocycles. The molecule has 0 unspecified atom stereocenters. The molecular weight excluding hydrogens is 284 g/mol. The van der Waals surface area contributed by atoms with Gasteiger partial charge in [-0.05, 0) is 19.9 Å². The van der Waals surface area contributed by atoms with Gasteiger partial charge in [-0.25, -0.2) is 8.78 Å². The highest BCUT2D eigenvalue weighted by Gasteiger charge is 2.27. The van der Waals surface area contributed by atoms with E-state index >= 15 is 0 Å². The van der Waals surface area contributed by atoms with E-state index in [0.29, 0.717) is 0 Å². The van der Waals surface area contributed by atoms with E-state index in [1.165, 1.54) is 13.1 Å². The van der Waals surface area contributed by atoms with Crippen molar-refractivity contribution >= 4 is 17.3 Å². The van der Waals surface area contributed by atoms with Crippen LogP contribution in [0.2, 0.25) is 0 Å². The van der Waals surface area contributed by atoms with Crippen molar-refractivity contribution in [3.05, 3.63) is 33.9 Å². The molecule has 0 aliphatic rings. The van der Waals surface area contributed by atoms with Crippen molar-refractivity contribution < 1.29 is 18.5 Å². The topological polar surface area (TPSA) is 84.3 Å². The minimum atomic E-state index is -2.85. The lowest BCUT2D eigenvalue weighted by molar-refractivity contribution is -0.385. The Morgan fingerprint density at radius 2 is 2.05 bits per heavy atom. The van der Waals surface area contributed by atoms with Crippen LogP contribution in [0, 0.1) is 15.5 Å². The van der Waals surface area contributed by atoms with Gasteiger partial charge in [-0.15, -0.1) is 0 Å². The number of nitro benzene ring substituents is 1. The molecule has 116 valence electrons. The lowest BCUT2D eigenvalue weighted by Gasteiger charge is -2.24. The van der Waals surface area contributed by atoms with Gasteiger partial charge in [0.1, 0.15) is 0 Å². The summed E-state index contributed by atoms with van der Waals surface area (Å²) in [5.41, 5.74) is -1.60. The number of non-ortho nitro benzene ring substituents is 1. The molecule has 0 fully saturated rings. The number of nitrogens with one attached hydrogen (secondary N) is 2. The Balaban J connectivity index is 2.98. The van der Waals surface area contributed by atoms with Crippen LogP contribution in [0.25, 0.3) is 0 Å². The highest BCUT2D eigenvalue weighted by atomic mass is 19.3. The van der Waals surface area contributed by atoms with E-state index in [1.807, 2.05) is 0 Å². The van der Waals surface area contributed by atoms with Crippen molar-refractivity contribution in [2.24, 2.45) is 5.41 Å². The average Bonchev–Trinajstić information content (AvgIpc) is 2.43. The van der Waals surface area contributed by atoms with Gasteiger partial charge in [0.15, 0.2) is 0 Å². The number of benzene rings is 1. The normalized spacial score (nSPS) is 11.3. The molecule has 0 saturated heterocycles. The first-order valence-electron chi connectivity index (χ1n) is 6.21. The predicted molar refractivity (Wildman–Crippen MR) is 74.4 cm³/mol. The van der Waals surface area contributed by atoms with Crippen LogP contribution in [0.15, 0.2) is 18.2 Å². The Morgan fingerprint density at radius 1 is 1.43 bits per heavy atom. The SMILES string of the molecule is CNC(=O)C(C)(C)CNc1ccc([N+](=O)[O-])cc1C(F)F. The van der Waals surface area contributed by atoms with Crippen LogP contribution < -0.4 is 10.6 Å². The zero-order valence-electron chi connectivity index (χ0n) is 11.9. The Labute approximate surface area is 120 Å². The molecule has 6 nitrogen and oxygen atoms in total. The fraction of sp³-hybridized carbons (Fsp3) is 0.462. The molecule has 2 N–H and O–H groups in total. The molecule has 0 saturated carbocycles. The summed E-state index contributed by atoms with van der Waals surface area (Å²) >= 11 is 0. The van der Waals surface area contributed by atoms with Crippen LogP contribution in [0.3, 0.4) is 0 Å². The maximum Gasteiger partial charge on any atom is 0.270 e. The molecule has 1 rings (SSSR count). The van der Waals surface area contributed by atoms with Crippen LogP contribution in [0.5, 0.6) is 0 Å². The van der Waals surface area contributed by atoms with E-state index < -0.39 is 28.0 Å². The van der Waals surface area contributed by atoms with Crippen molar-refractivity contribution in [3.63, 3.8) is 0 Å². The van der Waals surface area contributed by atoms with Crippen LogP contribution in [-0.4, -0.2) is 24.4 Å².